The molecule has 2 fully saturated rings. The molecule has 0 aromatic heterocycles. The Kier molecular flexibility index (Phi) is 5.42. The second kappa shape index (κ2) is 7.58. The fraction of sp³-hybridized carbons (Fsp3) is 0.562. The molecule has 1 saturated heterocycles. The molecule has 10 heteroatoms. The Morgan fingerprint density at radius 2 is 1.73 bits per heavy atom. The van der Waals surface area contributed by atoms with Crippen LogP contribution in [0.5, 0.6) is 0 Å². The second-order valence-corrected chi connectivity index (χ2v) is 7.35. The van der Waals surface area contributed by atoms with E-state index in [1.807, 2.05) is 0 Å². The highest BCUT2D eigenvalue weighted by Crippen LogP contribution is 2.32. The van der Waals surface area contributed by atoms with Gasteiger partial charge in [-0.15, -0.1) is 5.06 Å². The van der Waals surface area contributed by atoms with E-state index < -0.39 is 29.0 Å². The summed E-state index contributed by atoms with van der Waals surface area (Å²) in [5.41, 5.74) is 0. The van der Waals surface area contributed by atoms with Gasteiger partial charge < -0.3 is 9.39 Å². The van der Waals surface area contributed by atoms with Gasteiger partial charge in [-0.05, 0) is 31.6 Å². The number of rotatable bonds is 5. The molecule has 2 heterocycles. The van der Waals surface area contributed by atoms with Gasteiger partial charge >= 0.3 is 5.97 Å². The number of carbonyl (C=O) groups is 5. The zero-order valence-corrected chi connectivity index (χ0v) is 14.6. The third-order valence-electron chi connectivity index (χ3n) is 4.89. The van der Waals surface area contributed by atoms with Crippen molar-refractivity contribution in [2.75, 3.05) is 6.54 Å². The predicted octanol–water partition coefficient (Wildman–Crippen LogP) is 0.510. The molecule has 0 bridgehead atoms. The molecule has 0 radical (unpaired) electrons. The molecule has 1 N–H and O–H groups in total. The van der Waals surface area contributed by atoms with E-state index in [0.717, 1.165) is 0 Å². The van der Waals surface area contributed by atoms with E-state index in [4.69, 9.17) is 9.39 Å². The number of imide groups is 2. The van der Waals surface area contributed by atoms with Crippen LogP contribution in [0.1, 0.15) is 32.1 Å². The summed E-state index contributed by atoms with van der Waals surface area (Å²) >= 11 is 0.258. The molecule has 0 aromatic carbocycles. The van der Waals surface area contributed by atoms with Crippen LogP contribution in [-0.4, -0.2) is 55.9 Å². The van der Waals surface area contributed by atoms with Crippen LogP contribution in [0, 0.1) is 11.8 Å². The van der Waals surface area contributed by atoms with Crippen LogP contribution in [0.3, 0.4) is 0 Å². The van der Waals surface area contributed by atoms with E-state index in [9.17, 15) is 24.0 Å². The molecule has 1 saturated carbocycles. The van der Waals surface area contributed by atoms with Crippen molar-refractivity contribution in [1.82, 2.24) is 9.96 Å². The van der Waals surface area contributed by atoms with Crippen molar-refractivity contribution in [1.29, 1.82) is 0 Å². The number of hydrogen-bond acceptors (Lipinski definition) is 8. The zero-order chi connectivity index (χ0) is 18.8. The lowest BCUT2D eigenvalue weighted by atomic mass is 9.82. The van der Waals surface area contributed by atoms with Crippen LogP contribution in [-0.2, 0) is 28.8 Å². The first-order valence-corrected chi connectivity index (χ1v) is 9.16. The van der Waals surface area contributed by atoms with Crippen molar-refractivity contribution < 1.29 is 33.4 Å². The highest BCUT2D eigenvalue weighted by atomic mass is 32.2. The van der Waals surface area contributed by atoms with Gasteiger partial charge in [-0.3, -0.25) is 24.1 Å². The lowest BCUT2D eigenvalue weighted by Crippen LogP contribution is -2.39. The Labute approximate surface area is 153 Å². The van der Waals surface area contributed by atoms with Gasteiger partial charge in [-0.2, -0.15) is 0 Å². The van der Waals surface area contributed by atoms with Gasteiger partial charge in [-0.25, -0.2) is 4.79 Å². The fourth-order valence-electron chi connectivity index (χ4n) is 3.38. The van der Waals surface area contributed by atoms with Crippen molar-refractivity contribution in [3.63, 3.8) is 0 Å². The summed E-state index contributed by atoms with van der Waals surface area (Å²) in [5, 5.41) is -0.495. The van der Waals surface area contributed by atoms with Gasteiger partial charge in [0.1, 0.15) is 5.25 Å². The van der Waals surface area contributed by atoms with Crippen LogP contribution in [0.25, 0.3) is 0 Å². The normalized spacial score (nSPS) is 29.0. The molecule has 9 nitrogen and oxygen atoms in total. The Hall–Kier alpha value is -2.20. The molecular formula is C16H18N2O7S. The van der Waals surface area contributed by atoms with Gasteiger partial charge in [0.15, 0.2) is 0 Å². The topological polar surface area (TPSA) is 121 Å². The minimum Gasteiger partial charge on any atom is -0.330 e. The number of hydrogen-bond donors (Lipinski definition) is 1. The lowest BCUT2D eigenvalue weighted by Gasteiger charge is -2.29. The molecule has 3 rings (SSSR count). The fourth-order valence-corrected chi connectivity index (χ4v) is 3.78. The number of hydroxylamine groups is 2. The molecule has 140 valence electrons. The van der Waals surface area contributed by atoms with Gasteiger partial charge in [0.25, 0.3) is 23.6 Å². The molecule has 1 atom stereocenters. The Morgan fingerprint density at radius 1 is 1.12 bits per heavy atom. The molecular weight excluding hydrogens is 364 g/mol. The van der Waals surface area contributed by atoms with E-state index in [1.165, 1.54) is 17.1 Å². The largest absolute Gasteiger partial charge is 0.336 e. The molecule has 26 heavy (non-hydrogen) atoms. The lowest BCUT2D eigenvalue weighted by molar-refractivity contribution is -0.201. The van der Waals surface area contributed by atoms with Crippen molar-refractivity contribution in [3.8, 4) is 0 Å². The number of carbonyl (C=O) groups excluding carboxylic acids is 5. The predicted molar refractivity (Wildman–Crippen MR) is 87.9 cm³/mol. The minimum absolute atomic E-state index is 0.108. The summed E-state index contributed by atoms with van der Waals surface area (Å²) in [7, 11) is 0. The van der Waals surface area contributed by atoms with Gasteiger partial charge in [0, 0.05) is 30.7 Å². The smallest absolute Gasteiger partial charge is 0.330 e. The third kappa shape index (κ3) is 3.65. The molecule has 1 aliphatic carbocycles. The number of amides is 4. The average Bonchev–Trinajstić information content (AvgIpc) is 3.09. The first-order valence-electron chi connectivity index (χ1n) is 8.33. The Bertz CT molecular complexity index is 666. The SMILES string of the molecule is O=C(ON1C(=O)CC(SO)C1=O)C1CCC(CN2C(=O)C=CC2=O)CC1. The van der Waals surface area contributed by atoms with E-state index in [1.54, 1.807) is 0 Å². The number of nitrogens with zero attached hydrogens (tertiary/aromatic N) is 2. The molecule has 0 spiro atoms. The highest BCUT2D eigenvalue weighted by Gasteiger charge is 2.43. The first kappa shape index (κ1) is 18.6. The van der Waals surface area contributed by atoms with Crippen LogP contribution in [0.15, 0.2) is 12.2 Å². The van der Waals surface area contributed by atoms with Crippen molar-refractivity contribution >= 4 is 41.6 Å². The van der Waals surface area contributed by atoms with Crippen LogP contribution in [0.4, 0.5) is 0 Å². The summed E-state index contributed by atoms with van der Waals surface area (Å²) in [6.07, 6.45) is 4.53. The summed E-state index contributed by atoms with van der Waals surface area (Å²) < 4.78 is 8.96. The maximum absolute atomic E-state index is 12.2. The van der Waals surface area contributed by atoms with Crippen LogP contribution in [0.2, 0.25) is 0 Å². The van der Waals surface area contributed by atoms with Crippen molar-refractivity contribution in [3.05, 3.63) is 12.2 Å². The summed E-state index contributed by atoms with van der Waals surface area (Å²) in [6.45, 7) is 0.324. The third-order valence-corrected chi connectivity index (χ3v) is 5.51. The van der Waals surface area contributed by atoms with E-state index >= 15 is 0 Å². The molecule has 2 aliphatic heterocycles. The zero-order valence-electron chi connectivity index (χ0n) is 13.8. The van der Waals surface area contributed by atoms with E-state index in [2.05, 4.69) is 0 Å². The molecule has 0 aromatic rings. The summed E-state index contributed by atoms with van der Waals surface area (Å²) in [5.74, 6) is -3.01. The van der Waals surface area contributed by atoms with Gasteiger partial charge in [0.2, 0.25) is 0 Å². The molecule has 4 amide bonds. The van der Waals surface area contributed by atoms with E-state index in [-0.39, 0.29) is 36.2 Å². The minimum atomic E-state index is -0.935. The molecule has 3 aliphatic rings. The van der Waals surface area contributed by atoms with Gasteiger partial charge in [-0.1, -0.05) is 0 Å². The summed E-state index contributed by atoms with van der Waals surface area (Å²) in [4.78, 5) is 65.1. The maximum Gasteiger partial charge on any atom is 0.336 e. The van der Waals surface area contributed by atoms with Crippen molar-refractivity contribution in [2.45, 2.75) is 37.4 Å². The van der Waals surface area contributed by atoms with Crippen LogP contribution < -0.4 is 0 Å². The van der Waals surface area contributed by atoms with Crippen molar-refractivity contribution in [2.24, 2.45) is 11.8 Å². The quantitative estimate of drug-likeness (QED) is 0.539. The monoisotopic (exact) mass is 382 g/mol. The maximum atomic E-state index is 12.2. The first-order chi connectivity index (χ1) is 12.4. The highest BCUT2D eigenvalue weighted by molar-refractivity contribution is 7.95. The standard InChI is InChI=1S/C16H18N2O7S/c19-12-5-6-13(20)17(12)8-9-1-3-10(4-2-9)16(23)25-18-14(21)7-11(26-24)15(18)22/h5-6,9-11,24H,1-4,7-8H2. The summed E-state index contributed by atoms with van der Waals surface area (Å²) in [6, 6.07) is 0. The van der Waals surface area contributed by atoms with Crippen LogP contribution >= 0.6 is 12.0 Å². The average molecular weight is 382 g/mol. The van der Waals surface area contributed by atoms with Gasteiger partial charge in [0.05, 0.1) is 12.3 Å². The van der Waals surface area contributed by atoms with E-state index in [0.29, 0.717) is 37.3 Å². The Morgan fingerprint density at radius 3 is 2.27 bits per heavy atom. The second-order valence-electron chi connectivity index (χ2n) is 6.57. The Balaban J connectivity index is 1.48. The molecule has 1 unspecified atom stereocenters.